The number of benzene rings is 1. The second-order valence-corrected chi connectivity index (χ2v) is 6.79. The van der Waals surface area contributed by atoms with Crippen molar-refractivity contribution in [3.05, 3.63) is 43.4 Å². The van der Waals surface area contributed by atoms with E-state index >= 15 is 0 Å². The van der Waals surface area contributed by atoms with Crippen LogP contribution >= 0.6 is 33.9 Å². The summed E-state index contributed by atoms with van der Waals surface area (Å²) in [6.45, 7) is 2.86. The van der Waals surface area contributed by atoms with Crippen molar-refractivity contribution in [1.82, 2.24) is 4.98 Å². The van der Waals surface area contributed by atoms with Gasteiger partial charge in [0.15, 0.2) is 5.13 Å². The first kappa shape index (κ1) is 17.7. The molecule has 23 heavy (non-hydrogen) atoms. The van der Waals surface area contributed by atoms with Crippen molar-refractivity contribution in [3.8, 4) is 0 Å². The minimum Gasteiger partial charge on any atom is -0.627 e. The summed E-state index contributed by atoms with van der Waals surface area (Å²) in [6, 6.07) is 4.96. The fourth-order valence-electron chi connectivity index (χ4n) is 1.81. The molecule has 0 aliphatic carbocycles. The Labute approximate surface area is 149 Å². The zero-order valence-corrected chi connectivity index (χ0v) is 15.1. The number of nitrogens with zero attached hydrogens (tertiary/aromatic N) is 1. The predicted molar refractivity (Wildman–Crippen MR) is 95.6 cm³/mol. The van der Waals surface area contributed by atoms with Crippen LogP contribution in [0.1, 0.15) is 23.0 Å². The summed E-state index contributed by atoms with van der Waals surface area (Å²) in [5.41, 5.74) is 0.897. The van der Waals surface area contributed by atoms with Crippen LogP contribution in [0.15, 0.2) is 18.2 Å². The molecule has 1 aromatic carbocycles. The number of hydrogen-bond acceptors (Lipinski definition) is 6. The van der Waals surface area contributed by atoms with Gasteiger partial charge in [0.1, 0.15) is 5.69 Å². The summed E-state index contributed by atoms with van der Waals surface area (Å²) in [4.78, 5) is 27.6. The zero-order valence-electron chi connectivity index (χ0n) is 12.1. The summed E-state index contributed by atoms with van der Waals surface area (Å²) >= 11 is 2.88. The molecule has 0 spiro atoms. The van der Waals surface area contributed by atoms with E-state index in [2.05, 4.69) is 38.2 Å². The molecule has 2 rings (SSSR count). The lowest BCUT2D eigenvalue weighted by Gasteiger charge is -2.22. The standard InChI is InChI=1S/C13H12IN4O4S/c1-6-12(18(21)22)23-13(15-6)17-11(20)9-4-3-8(14)5-10(9)16-7(2)19/h3-5,18H,1-2H3,(H,16,19)(H,15,17,20)/q-1. The summed E-state index contributed by atoms with van der Waals surface area (Å²) in [6.07, 6.45) is 0. The third-order valence-electron chi connectivity index (χ3n) is 2.74. The maximum Gasteiger partial charge on any atom is 0.259 e. The van der Waals surface area contributed by atoms with Crippen LogP contribution in [0.2, 0.25) is 0 Å². The van der Waals surface area contributed by atoms with Crippen LogP contribution in [-0.2, 0) is 4.79 Å². The number of carbonyl (C=O) groups is 2. The Bertz CT molecular complexity index is 762. The number of amides is 2. The largest absolute Gasteiger partial charge is 0.627 e. The Morgan fingerprint density at radius 2 is 2.00 bits per heavy atom. The second-order valence-electron chi connectivity index (χ2n) is 4.55. The number of halogens is 1. The lowest BCUT2D eigenvalue weighted by molar-refractivity contribution is -0.712. The van der Waals surface area contributed by atoms with Crippen molar-refractivity contribution in [2.75, 3.05) is 10.6 Å². The van der Waals surface area contributed by atoms with E-state index in [1.165, 1.54) is 13.8 Å². The topological polar surface area (TPSA) is 122 Å². The number of nitrogens with one attached hydrogen (secondary N) is 3. The first-order chi connectivity index (χ1) is 10.8. The van der Waals surface area contributed by atoms with Crippen molar-refractivity contribution >= 4 is 61.6 Å². The predicted octanol–water partition coefficient (Wildman–Crippen LogP) is 1.78. The van der Waals surface area contributed by atoms with Gasteiger partial charge < -0.3 is 21.0 Å². The normalized spacial score (nSPS) is 10.7. The molecule has 0 bridgehead atoms. The molecular weight excluding hydrogens is 435 g/mol. The molecule has 10 heteroatoms. The summed E-state index contributed by atoms with van der Waals surface area (Å²) in [5, 5.41) is 25.7. The van der Waals surface area contributed by atoms with Gasteiger partial charge in [-0.3, -0.25) is 14.9 Å². The molecule has 0 unspecified atom stereocenters. The molecule has 0 atom stereocenters. The molecule has 2 amide bonds. The highest BCUT2D eigenvalue weighted by molar-refractivity contribution is 14.1. The van der Waals surface area contributed by atoms with Gasteiger partial charge in [-0.1, -0.05) is 0 Å². The first-order valence-electron chi connectivity index (χ1n) is 6.35. The maximum atomic E-state index is 12.4. The molecule has 0 fully saturated rings. The first-order valence-corrected chi connectivity index (χ1v) is 8.24. The van der Waals surface area contributed by atoms with Crippen molar-refractivity contribution in [3.63, 3.8) is 0 Å². The number of carbonyl (C=O) groups excluding carboxylic acids is 2. The minimum absolute atomic E-state index is 0.0370. The second kappa shape index (κ2) is 7.31. The van der Waals surface area contributed by atoms with Crippen LogP contribution in [0.25, 0.3) is 0 Å². The van der Waals surface area contributed by atoms with Crippen molar-refractivity contribution in [1.29, 1.82) is 0 Å². The van der Waals surface area contributed by atoms with E-state index in [9.17, 15) is 20.0 Å². The number of aromatic nitrogens is 1. The van der Waals surface area contributed by atoms with E-state index in [1.807, 2.05) is 0 Å². The smallest absolute Gasteiger partial charge is 0.259 e. The van der Waals surface area contributed by atoms with Crippen LogP contribution in [-0.4, -0.2) is 16.8 Å². The molecule has 0 saturated heterocycles. The minimum atomic E-state index is -1.34. The van der Waals surface area contributed by atoms with Gasteiger partial charge >= 0.3 is 0 Å². The Morgan fingerprint density at radius 3 is 2.57 bits per heavy atom. The number of rotatable bonds is 4. The Kier molecular flexibility index (Phi) is 5.64. The Morgan fingerprint density at radius 1 is 1.30 bits per heavy atom. The maximum absolute atomic E-state index is 12.4. The van der Waals surface area contributed by atoms with Gasteiger partial charge in [0.05, 0.1) is 11.3 Å². The highest BCUT2D eigenvalue weighted by atomic mass is 127. The molecule has 0 aliphatic rings. The molecule has 0 aliphatic heterocycles. The summed E-state index contributed by atoms with van der Waals surface area (Å²) in [5.74, 6) is -0.797. The highest BCUT2D eigenvalue weighted by Gasteiger charge is 2.17. The van der Waals surface area contributed by atoms with Crippen LogP contribution < -0.4 is 15.9 Å². The van der Waals surface area contributed by atoms with Gasteiger partial charge in [-0.05, 0) is 59.1 Å². The lowest BCUT2D eigenvalue weighted by Crippen LogP contribution is -2.96. The SMILES string of the molecule is CC(=O)Nc1cc(I)ccc1C(=O)Nc1nc(C)c([NH+]([O-])[O-])s1. The van der Waals surface area contributed by atoms with Crippen LogP contribution in [0.5, 0.6) is 0 Å². The summed E-state index contributed by atoms with van der Waals surface area (Å²) in [7, 11) is 0. The molecule has 0 radical (unpaired) electrons. The average Bonchev–Trinajstić information content (AvgIpc) is 2.79. The molecule has 0 saturated carbocycles. The van der Waals surface area contributed by atoms with Crippen molar-refractivity contribution in [2.45, 2.75) is 13.8 Å². The lowest BCUT2D eigenvalue weighted by atomic mass is 10.1. The van der Waals surface area contributed by atoms with E-state index in [4.69, 9.17) is 0 Å². The third-order valence-corrected chi connectivity index (χ3v) is 4.46. The fourth-order valence-corrected chi connectivity index (χ4v) is 3.10. The van der Waals surface area contributed by atoms with Crippen LogP contribution in [0.4, 0.5) is 15.8 Å². The Hall–Kier alpha value is -1.60. The van der Waals surface area contributed by atoms with E-state index in [0.717, 1.165) is 14.9 Å². The van der Waals surface area contributed by atoms with Crippen LogP contribution in [0.3, 0.4) is 0 Å². The fraction of sp³-hybridized carbons (Fsp3) is 0.154. The molecule has 3 N–H and O–H groups in total. The van der Waals surface area contributed by atoms with Crippen LogP contribution in [0, 0.1) is 20.9 Å². The summed E-state index contributed by atoms with van der Waals surface area (Å²) < 4.78 is 0.854. The quantitative estimate of drug-likeness (QED) is 0.488. The van der Waals surface area contributed by atoms with E-state index in [-0.39, 0.29) is 27.3 Å². The van der Waals surface area contributed by atoms with E-state index in [0.29, 0.717) is 5.69 Å². The molecule has 122 valence electrons. The zero-order chi connectivity index (χ0) is 17.1. The molecule has 1 aromatic heterocycles. The highest BCUT2D eigenvalue weighted by Crippen LogP contribution is 2.26. The van der Waals surface area contributed by atoms with E-state index in [1.54, 1.807) is 18.2 Å². The van der Waals surface area contributed by atoms with Gasteiger partial charge in [-0.25, -0.2) is 4.98 Å². The third kappa shape index (κ3) is 4.45. The number of thiazole rings is 1. The molecular formula is C13H12IN4O4S-. The molecule has 2 aromatic rings. The van der Waals surface area contributed by atoms with E-state index < -0.39 is 11.1 Å². The number of anilines is 2. The Balaban J connectivity index is 2.27. The monoisotopic (exact) mass is 447 g/mol. The number of hydrogen-bond donors (Lipinski definition) is 3. The van der Waals surface area contributed by atoms with Gasteiger partial charge in [0.25, 0.3) is 5.91 Å². The molecule has 1 heterocycles. The van der Waals surface area contributed by atoms with Gasteiger partial charge in [0.2, 0.25) is 10.9 Å². The van der Waals surface area contributed by atoms with Gasteiger partial charge in [0, 0.05) is 10.5 Å². The molecule has 8 nitrogen and oxygen atoms in total. The van der Waals surface area contributed by atoms with Gasteiger partial charge in [-0.2, -0.15) is 0 Å². The van der Waals surface area contributed by atoms with Gasteiger partial charge in [-0.15, -0.1) is 0 Å². The number of aryl methyl sites for hydroxylation is 1. The average molecular weight is 447 g/mol. The number of quaternary nitrogens is 1. The van der Waals surface area contributed by atoms with Crippen molar-refractivity contribution in [2.24, 2.45) is 0 Å². The van der Waals surface area contributed by atoms with Crippen molar-refractivity contribution < 1.29 is 14.8 Å².